The molecule has 110 valence electrons. The van der Waals surface area contributed by atoms with Crippen LogP contribution in [0.1, 0.15) is 9.75 Å². The van der Waals surface area contributed by atoms with Crippen LogP contribution in [0.4, 0.5) is 4.39 Å². The van der Waals surface area contributed by atoms with Gasteiger partial charge in [0.1, 0.15) is 5.82 Å². The van der Waals surface area contributed by atoms with Crippen molar-refractivity contribution >= 4 is 21.4 Å². The normalized spacial score (nSPS) is 11.0. The molecule has 0 unspecified atom stereocenters. The molecule has 0 radical (unpaired) electrons. The van der Waals surface area contributed by atoms with Crippen molar-refractivity contribution in [2.75, 3.05) is 6.54 Å². The Hall–Kier alpha value is -1.72. The number of hydrogen-bond acceptors (Lipinski definition) is 4. The van der Waals surface area contributed by atoms with Crippen LogP contribution in [-0.2, 0) is 16.6 Å². The Bertz CT molecular complexity index is 771. The van der Waals surface area contributed by atoms with Crippen LogP contribution in [-0.4, -0.2) is 15.0 Å². The number of nitrogens with one attached hydrogen (secondary N) is 1. The summed E-state index contributed by atoms with van der Waals surface area (Å²) in [6, 6.07) is 8.29. The molecular formula is C14H13FN2O2S2. The lowest BCUT2D eigenvalue weighted by atomic mass is 10.4. The smallest absolute Gasteiger partial charge is 0.240 e. The first kappa shape index (κ1) is 15.7. The van der Waals surface area contributed by atoms with E-state index in [1.807, 2.05) is 6.07 Å². The molecule has 4 nitrogen and oxygen atoms in total. The van der Waals surface area contributed by atoms with Gasteiger partial charge in [0.2, 0.25) is 10.0 Å². The zero-order chi connectivity index (χ0) is 15.3. The monoisotopic (exact) mass is 324 g/mol. The van der Waals surface area contributed by atoms with Crippen molar-refractivity contribution in [2.45, 2.75) is 11.4 Å². The molecule has 0 saturated carbocycles. The molecule has 1 aromatic carbocycles. The minimum Gasteiger partial charge on any atom is -0.320 e. The summed E-state index contributed by atoms with van der Waals surface area (Å²) in [6.07, 6.45) is 0. The van der Waals surface area contributed by atoms with Crippen molar-refractivity contribution < 1.29 is 12.8 Å². The standard InChI is InChI=1S/C14H13FN2O2S2/c15-11-3-7-14(8-4-11)21(18,19)17-10-13-6-5-12(20-13)2-1-9-16/h3-8,17H,9-10,16H2. The van der Waals surface area contributed by atoms with Gasteiger partial charge in [0.15, 0.2) is 0 Å². The summed E-state index contributed by atoms with van der Waals surface area (Å²) in [4.78, 5) is 1.70. The number of thiophene rings is 1. The van der Waals surface area contributed by atoms with Crippen LogP contribution in [0.3, 0.4) is 0 Å². The van der Waals surface area contributed by atoms with E-state index in [2.05, 4.69) is 16.6 Å². The van der Waals surface area contributed by atoms with Crippen molar-refractivity contribution in [1.29, 1.82) is 0 Å². The quantitative estimate of drug-likeness (QED) is 0.841. The van der Waals surface area contributed by atoms with Crippen molar-refractivity contribution in [2.24, 2.45) is 5.73 Å². The summed E-state index contributed by atoms with van der Waals surface area (Å²) < 4.78 is 39.3. The van der Waals surface area contributed by atoms with E-state index in [4.69, 9.17) is 5.73 Å². The summed E-state index contributed by atoms with van der Waals surface area (Å²) in [5, 5.41) is 0. The Morgan fingerprint density at radius 1 is 1.19 bits per heavy atom. The van der Waals surface area contributed by atoms with Crippen molar-refractivity contribution in [1.82, 2.24) is 4.72 Å². The van der Waals surface area contributed by atoms with E-state index < -0.39 is 15.8 Å². The van der Waals surface area contributed by atoms with Gasteiger partial charge in [0.05, 0.1) is 16.3 Å². The van der Waals surface area contributed by atoms with Crippen LogP contribution in [0.25, 0.3) is 0 Å². The lowest BCUT2D eigenvalue weighted by Crippen LogP contribution is -2.22. The Morgan fingerprint density at radius 2 is 1.90 bits per heavy atom. The van der Waals surface area contributed by atoms with Gasteiger partial charge in [-0.25, -0.2) is 17.5 Å². The highest BCUT2D eigenvalue weighted by Gasteiger charge is 2.13. The van der Waals surface area contributed by atoms with Crippen LogP contribution >= 0.6 is 11.3 Å². The molecule has 0 atom stereocenters. The third-order valence-corrected chi connectivity index (χ3v) is 4.95. The van der Waals surface area contributed by atoms with Crippen molar-refractivity contribution in [3.8, 4) is 11.8 Å². The SMILES string of the molecule is NCC#Cc1ccc(CNS(=O)(=O)c2ccc(F)cc2)s1. The average molecular weight is 324 g/mol. The minimum atomic E-state index is -3.65. The summed E-state index contributed by atoms with van der Waals surface area (Å²) in [7, 11) is -3.65. The summed E-state index contributed by atoms with van der Waals surface area (Å²) in [6.45, 7) is 0.444. The highest BCUT2D eigenvalue weighted by Crippen LogP contribution is 2.16. The van der Waals surface area contributed by atoms with E-state index in [1.165, 1.54) is 23.5 Å². The topological polar surface area (TPSA) is 72.2 Å². The number of sulfonamides is 1. The number of hydrogen-bond donors (Lipinski definition) is 2. The van der Waals surface area contributed by atoms with Gasteiger partial charge >= 0.3 is 0 Å². The van der Waals surface area contributed by atoms with Crippen LogP contribution in [0.2, 0.25) is 0 Å². The molecule has 7 heteroatoms. The Balaban J connectivity index is 2.05. The Labute approximate surface area is 126 Å². The summed E-state index contributed by atoms with van der Waals surface area (Å²) in [5.41, 5.74) is 5.29. The maximum absolute atomic E-state index is 12.8. The molecule has 21 heavy (non-hydrogen) atoms. The van der Waals surface area contributed by atoms with Crippen LogP contribution in [0.15, 0.2) is 41.3 Å². The van der Waals surface area contributed by atoms with E-state index in [9.17, 15) is 12.8 Å². The maximum atomic E-state index is 12.8. The van der Waals surface area contributed by atoms with Gasteiger partial charge < -0.3 is 5.73 Å². The van der Waals surface area contributed by atoms with Gasteiger partial charge in [-0.15, -0.1) is 11.3 Å². The summed E-state index contributed by atoms with van der Waals surface area (Å²) >= 11 is 1.40. The Morgan fingerprint density at radius 3 is 2.57 bits per heavy atom. The fourth-order valence-electron chi connectivity index (χ4n) is 1.54. The molecule has 3 N–H and O–H groups in total. The van der Waals surface area contributed by atoms with Crippen molar-refractivity contribution in [3.05, 3.63) is 52.0 Å². The molecule has 1 heterocycles. The number of rotatable bonds is 4. The number of halogens is 1. The molecule has 2 rings (SSSR count). The highest BCUT2D eigenvalue weighted by molar-refractivity contribution is 7.89. The molecule has 0 aliphatic carbocycles. The fourth-order valence-corrected chi connectivity index (χ4v) is 3.46. The maximum Gasteiger partial charge on any atom is 0.240 e. The third kappa shape index (κ3) is 4.37. The van der Waals surface area contributed by atoms with E-state index in [0.29, 0.717) is 0 Å². The van der Waals surface area contributed by atoms with Gasteiger partial charge in [-0.2, -0.15) is 0 Å². The molecule has 0 spiro atoms. The number of nitrogens with two attached hydrogens (primary N) is 1. The Kier molecular flexibility index (Phi) is 5.09. The minimum absolute atomic E-state index is 0.0311. The van der Waals surface area contributed by atoms with E-state index in [1.54, 1.807) is 6.07 Å². The third-order valence-electron chi connectivity index (χ3n) is 2.54. The molecular weight excluding hydrogens is 311 g/mol. The predicted molar refractivity (Wildman–Crippen MR) is 80.7 cm³/mol. The van der Waals surface area contributed by atoms with Crippen LogP contribution in [0, 0.1) is 17.7 Å². The molecule has 0 aliphatic heterocycles. The second kappa shape index (κ2) is 6.83. The van der Waals surface area contributed by atoms with Gasteiger partial charge in [0.25, 0.3) is 0 Å². The van der Waals surface area contributed by atoms with Crippen LogP contribution in [0.5, 0.6) is 0 Å². The molecule has 0 bridgehead atoms. The first-order valence-electron chi connectivity index (χ1n) is 6.04. The lowest BCUT2D eigenvalue weighted by Gasteiger charge is -2.05. The first-order chi connectivity index (χ1) is 10.0. The molecule has 0 saturated heterocycles. The van der Waals surface area contributed by atoms with Gasteiger partial charge in [-0.1, -0.05) is 11.8 Å². The van der Waals surface area contributed by atoms with E-state index >= 15 is 0 Å². The second-order valence-corrected chi connectivity index (χ2v) is 6.99. The molecule has 0 amide bonds. The predicted octanol–water partition coefficient (Wildman–Crippen LogP) is 1.68. The first-order valence-corrected chi connectivity index (χ1v) is 8.34. The van der Waals surface area contributed by atoms with E-state index in [-0.39, 0.29) is 18.0 Å². The van der Waals surface area contributed by atoms with Gasteiger partial charge in [-0.05, 0) is 36.4 Å². The molecule has 0 fully saturated rings. The van der Waals surface area contributed by atoms with Crippen LogP contribution < -0.4 is 10.5 Å². The fraction of sp³-hybridized carbons (Fsp3) is 0.143. The van der Waals surface area contributed by atoms with Gasteiger partial charge in [-0.3, -0.25) is 0 Å². The average Bonchev–Trinajstić information content (AvgIpc) is 2.91. The zero-order valence-electron chi connectivity index (χ0n) is 11.0. The number of benzene rings is 1. The van der Waals surface area contributed by atoms with Crippen molar-refractivity contribution in [3.63, 3.8) is 0 Å². The summed E-state index contributed by atoms with van der Waals surface area (Å²) in [5.74, 6) is 5.14. The lowest BCUT2D eigenvalue weighted by molar-refractivity contribution is 0.581. The largest absolute Gasteiger partial charge is 0.320 e. The highest BCUT2D eigenvalue weighted by atomic mass is 32.2. The second-order valence-electron chi connectivity index (χ2n) is 4.05. The van der Waals surface area contributed by atoms with Gasteiger partial charge in [0, 0.05) is 11.4 Å². The molecule has 0 aliphatic rings. The zero-order valence-corrected chi connectivity index (χ0v) is 12.6. The molecule has 2 aromatic rings. The van der Waals surface area contributed by atoms with E-state index in [0.717, 1.165) is 21.9 Å². The molecule has 1 aromatic heterocycles.